The fourth-order valence-electron chi connectivity index (χ4n) is 2.69. The highest BCUT2D eigenvalue weighted by Gasteiger charge is 2.16. The number of carbonyl (C=O) groups excluding carboxylic acids is 1. The lowest BCUT2D eigenvalue weighted by atomic mass is 10.3. The molecule has 3 rings (SSSR count). The van der Waals surface area contributed by atoms with Gasteiger partial charge in [0.15, 0.2) is 12.4 Å². The van der Waals surface area contributed by atoms with Crippen molar-refractivity contribution in [1.29, 1.82) is 0 Å². The van der Waals surface area contributed by atoms with Crippen molar-refractivity contribution in [2.24, 2.45) is 0 Å². The molecule has 7 nitrogen and oxygen atoms in total. The average Bonchev–Trinajstić information content (AvgIpc) is 2.79. The van der Waals surface area contributed by atoms with Gasteiger partial charge in [0.05, 0.1) is 15.6 Å². The highest BCUT2D eigenvalue weighted by atomic mass is 35.5. The molecule has 32 heavy (non-hydrogen) atoms. The smallest absolute Gasteiger partial charge is 0.262 e. The number of hydrogen-bond donors (Lipinski definition) is 2. The van der Waals surface area contributed by atoms with Crippen LogP contribution in [0.15, 0.2) is 77.7 Å². The van der Waals surface area contributed by atoms with E-state index in [4.69, 9.17) is 21.1 Å². The van der Waals surface area contributed by atoms with Crippen molar-refractivity contribution < 1.29 is 22.7 Å². The van der Waals surface area contributed by atoms with Gasteiger partial charge < -0.3 is 14.8 Å². The van der Waals surface area contributed by atoms with Crippen LogP contribution in [0.3, 0.4) is 0 Å². The predicted octanol–water partition coefficient (Wildman–Crippen LogP) is 4.84. The minimum atomic E-state index is -3.65. The van der Waals surface area contributed by atoms with Crippen LogP contribution in [0.25, 0.3) is 0 Å². The van der Waals surface area contributed by atoms with Crippen LogP contribution in [0.5, 0.6) is 17.2 Å². The molecule has 0 radical (unpaired) electrons. The normalized spacial score (nSPS) is 11.1. The maximum Gasteiger partial charge on any atom is 0.262 e. The SMILES string of the molecule is CCCNS(=O)(=O)c1ccc(OCC(=O)Nc2ccccc2Oc2ccccc2)c(Cl)c1. The molecule has 0 bridgehead atoms. The summed E-state index contributed by atoms with van der Waals surface area (Å²) in [5.74, 6) is 0.900. The van der Waals surface area contributed by atoms with Gasteiger partial charge in [-0.1, -0.05) is 48.9 Å². The molecule has 3 aromatic rings. The summed E-state index contributed by atoms with van der Waals surface area (Å²) in [5, 5.41) is 2.83. The van der Waals surface area contributed by atoms with E-state index in [1.807, 2.05) is 37.3 Å². The fourth-order valence-corrected chi connectivity index (χ4v) is 4.15. The molecule has 0 aromatic heterocycles. The van der Waals surface area contributed by atoms with Crippen molar-refractivity contribution in [2.45, 2.75) is 18.2 Å². The van der Waals surface area contributed by atoms with Gasteiger partial charge in [-0.2, -0.15) is 0 Å². The third kappa shape index (κ3) is 6.46. The number of amides is 1. The Bertz CT molecular complexity index is 1170. The molecule has 1 amide bonds. The second-order valence-corrected chi connectivity index (χ2v) is 8.91. The van der Waals surface area contributed by atoms with Crippen molar-refractivity contribution in [1.82, 2.24) is 4.72 Å². The van der Waals surface area contributed by atoms with Gasteiger partial charge in [-0.05, 0) is 48.9 Å². The van der Waals surface area contributed by atoms with Crippen LogP contribution in [-0.2, 0) is 14.8 Å². The zero-order chi connectivity index (χ0) is 23.0. The molecule has 0 unspecified atom stereocenters. The zero-order valence-electron chi connectivity index (χ0n) is 17.4. The summed E-state index contributed by atoms with van der Waals surface area (Å²) >= 11 is 6.16. The third-order valence-electron chi connectivity index (χ3n) is 4.25. The number of carbonyl (C=O) groups is 1. The first-order valence-corrected chi connectivity index (χ1v) is 11.8. The number of hydrogen-bond acceptors (Lipinski definition) is 5. The lowest BCUT2D eigenvalue weighted by Gasteiger charge is -2.13. The molecule has 0 atom stereocenters. The van der Waals surface area contributed by atoms with Crippen LogP contribution in [0.2, 0.25) is 5.02 Å². The van der Waals surface area contributed by atoms with Crippen LogP contribution in [-0.4, -0.2) is 27.5 Å². The number of halogens is 1. The molecule has 0 saturated carbocycles. The number of benzene rings is 3. The summed E-state index contributed by atoms with van der Waals surface area (Å²) < 4.78 is 38.2. The molecular formula is C23H23ClN2O5S. The molecule has 2 N–H and O–H groups in total. The Balaban J connectivity index is 1.62. The maximum atomic E-state index is 12.4. The van der Waals surface area contributed by atoms with E-state index in [0.29, 0.717) is 30.2 Å². The molecule has 3 aromatic carbocycles. The predicted molar refractivity (Wildman–Crippen MR) is 124 cm³/mol. The number of sulfonamides is 1. The van der Waals surface area contributed by atoms with Crippen molar-refractivity contribution >= 4 is 33.2 Å². The number of anilines is 1. The van der Waals surface area contributed by atoms with Gasteiger partial charge >= 0.3 is 0 Å². The Morgan fingerprint density at radius 1 is 0.969 bits per heavy atom. The van der Waals surface area contributed by atoms with Gasteiger partial charge in [-0.15, -0.1) is 0 Å². The van der Waals surface area contributed by atoms with Gasteiger partial charge in [0.25, 0.3) is 5.91 Å². The maximum absolute atomic E-state index is 12.4. The summed E-state index contributed by atoms with van der Waals surface area (Å²) in [6, 6.07) is 20.3. The zero-order valence-corrected chi connectivity index (χ0v) is 18.9. The molecule has 0 saturated heterocycles. The van der Waals surface area contributed by atoms with Crippen LogP contribution in [0.1, 0.15) is 13.3 Å². The summed E-state index contributed by atoms with van der Waals surface area (Å²) in [5.41, 5.74) is 0.486. The van der Waals surface area contributed by atoms with Crippen LogP contribution in [0, 0.1) is 0 Å². The fraction of sp³-hybridized carbons (Fsp3) is 0.174. The first kappa shape index (κ1) is 23.6. The van der Waals surface area contributed by atoms with Gasteiger partial charge in [0.1, 0.15) is 11.5 Å². The van der Waals surface area contributed by atoms with Gasteiger partial charge in [-0.25, -0.2) is 13.1 Å². The Morgan fingerprint density at radius 3 is 2.41 bits per heavy atom. The Kier molecular flexibility index (Phi) is 8.10. The van der Waals surface area contributed by atoms with E-state index in [0.717, 1.165) is 0 Å². The Hall–Kier alpha value is -3.07. The van der Waals surface area contributed by atoms with Gasteiger partial charge in [-0.3, -0.25) is 4.79 Å². The van der Waals surface area contributed by atoms with E-state index in [-0.39, 0.29) is 22.3 Å². The molecule has 168 valence electrons. The second kappa shape index (κ2) is 11.0. The Morgan fingerprint density at radius 2 is 1.69 bits per heavy atom. The molecule has 0 aliphatic carbocycles. The highest BCUT2D eigenvalue weighted by molar-refractivity contribution is 7.89. The topological polar surface area (TPSA) is 93.7 Å². The molecule has 0 spiro atoms. The van der Waals surface area contributed by atoms with E-state index in [1.165, 1.54) is 18.2 Å². The molecule has 9 heteroatoms. The van der Waals surface area contributed by atoms with E-state index in [9.17, 15) is 13.2 Å². The van der Waals surface area contributed by atoms with Gasteiger partial charge in [0.2, 0.25) is 10.0 Å². The first-order chi connectivity index (χ1) is 15.4. The van der Waals surface area contributed by atoms with Crippen LogP contribution >= 0.6 is 11.6 Å². The van der Waals surface area contributed by atoms with Crippen molar-refractivity contribution in [3.05, 3.63) is 77.8 Å². The van der Waals surface area contributed by atoms with E-state index >= 15 is 0 Å². The van der Waals surface area contributed by atoms with Crippen molar-refractivity contribution in [3.63, 3.8) is 0 Å². The lowest BCUT2D eigenvalue weighted by Crippen LogP contribution is -2.24. The quantitative estimate of drug-likeness (QED) is 0.438. The van der Waals surface area contributed by atoms with E-state index in [1.54, 1.807) is 24.3 Å². The molecule has 0 aliphatic heterocycles. The molecule has 0 fully saturated rings. The van der Waals surface area contributed by atoms with E-state index < -0.39 is 15.9 Å². The summed E-state index contributed by atoms with van der Waals surface area (Å²) in [7, 11) is -3.65. The largest absolute Gasteiger partial charge is 0.482 e. The minimum absolute atomic E-state index is 0.0275. The van der Waals surface area contributed by atoms with Crippen molar-refractivity contribution in [3.8, 4) is 17.2 Å². The second-order valence-electron chi connectivity index (χ2n) is 6.74. The number of para-hydroxylation sites is 3. The van der Waals surface area contributed by atoms with Gasteiger partial charge in [0, 0.05) is 6.54 Å². The lowest BCUT2D eigenvalue weighted by molar-refractivity contribution is -0.118. The van der Waals surface area contributed by atoms with E-state index in [2.05, 4.69) is 10.0 Å². The Labute approximate surface area is 192 Å². The average molecular weight is 475 g/mol. The standard InChI is InChI=1S/C23H23ClN2O5S/c1-2-14-25-32(28,29)18-12-13-21(19(24)15-18)30-16-23(27)26-20-10-6-7-11-22(20)31-17-8-4-3-5-9-17/h3-13,15,25H,2,14,16H2,1H3,(H,26,27). The summed E-state index contributed by atoms with van der Waals surface area (Å²) in [6.07, 6.45) is 0.669. The van der Waals surface area contributed by atoms with Crippen LogP contribution < -0.4 is 19.5 Å². The number of nitrogens with one attached hydrogen (secondary N) is 2. The first-order valence-electron chi connectivity index (χ1n) is 9.93. The molecular weight excluding hydrogens is 452 g/mol. The number of rotatable bonds is 10. The molecule has 0 heterocycles. The summed E-state index contributed by atoms with van der Waals surface area (Å²) in [4.78, 5) is 12.4. The molecule has 0 aliphatic rings. The third-order valence-corrected chi connectivity index (χ3v) is 6.00. The minimum Gasteiger partial charge on any atom is -0.482 e. The summed E-state index contributed by atoms with van der Waals surface area (Å²) in [6.45, 7) is 1.87. The number of ether oxygens (including phenoxy) is 2. The monoisotopic (exact) mass is 474 g/mol. The highest BCUT2D eigenvalue weighted by Crippen LogP contribution is 2.30. The van der Waals surface area contributed by atoms with Crippen LogP contribution in [0.4, 0.5) is 5.69 Å². The van der Waals surface area contributed by atoms with Crippen molar-refractivity contribution in [2.75, 3.05) is 18.5 Å².